The van der Waals surface area contributed by atoms with Crippen molar-refractivity contribution in [3.8, 4) is 5.75 Å². The fourth-order valence-electron chi connectivity index (χ4n) is 4.18. The first-order chi connectivity index (χ1) is 18.9. The van der Waals surface area contributed by atoms with Crippen LogP contribution in [0.15, 0.2) is 79.3 Å². The van der Waals surface area contributed by atoms with Crippen LogP contribution < -0.4 is 15.4 Å². The summed E-state index contributed by atoms with van der Waals surface area (Å²) in [5.74, 6) is -0.441. The number of carbonyl (C=O) groups excluding carboxylic acids is 3. The Bertz CT molecular complexity index is 1510. The smallest absolute Gasteiger partial charge is 0.258 e. The van der Waals surface area contributed by atoms with Crippen molar-refractivity contribution < 1.29 is 19.1 Å². The van der Waals surface area contributed by atoms with Gasteiger partial charge in [0.05, 0.1) is 30.8 Å². The molecular formula is C28H23ClN6O4. The van der Waals surface area contributed by atoms with Gasteiger partial charge in [-0.2, -0.15) is 0 Å². The number of halogens is 1. The normalized spacial score (nSPS) is 14.7. The highest BCUT2D eigenvalue weighted by Gasteiger charge is 2.36. The minimum Gasteiger partial charge on any atom is -0.494 e. The van der Waals surface area contributed by atoms with Crippen LogP contribution in [0.3, 0.4) is 0 Å². The number of benzene rings is 2. The highest BCUT2D eigenvalue weighted by molar-refractivity contribution is 6.31. The second-order valence-corrected chi connectivity index (χ2v) is 9.19. The van der Waals surface area contributed by atoms with Gasteiger partial charge in [0.2, 0.25) is 11.9 Å². The van der Waals surface area contributed by atoms with E-state index < -0.39 is 11.9 Å². The Labute approximate surface area is 229 Å². The van der Waals surface area contributed by atoms with E-state index in [-0.39, 0.29) is 30.7 Å². The molecule has 11 heteroatoms. The molecule has 0 spiro atoms. The fourth-order valence-corrected chi connectivity index (χ4v) is 4.35. The van der Waals surface area contributed by atoms with E-state index in [1.54, 1.807) is 54.7 Å². The first-order valence-corrected chi connectivity index (χ1v) is 12.4. The highest BCUT2D eigenvalue weighted by Crippen LogP contribution is 2.28. The summed E-state index contributed by atoms with van der Waals surface area (Å²) in [6.45, 7) is 0.134. The summed E-state index contributed by atoms with van der Waals surface area (Å²) in [5.41, 5.74) is 2.48. The molecule has 0 radical (unpaired) electrons. The SMILES string of the molecule is COc1cnc(NC(=O)c2ccc(CN3C(=O)c4ccc(Cl)cc4NC(=O)[C@H]3Cc3ccccn3)cc2)nc1. The van der Waals surface area contributed by atoms with Gasteiger partial charge in [-0.05, 0) is 48.0 Å². The number of nitrogens with zero attached hydrogens (tertiary/aromatic N) is 4. The van der Waals surface area contributed by atoms with Crippen LogP contribution in [0.2, 0.25) is 5.02 Å². The molecule has 3 heterocycles. The molecule has 1 aliphatic rings. The minimum absolute atomic E-state index is 0.134. The predicted molar refractivity (Wildman–Crippen MR) is 145 cm³/mol. The number of anilines is 2. The first-order valence-electron chi connectivity index (χ1n) is 12.0. The zero-order chi connectivity index (χ0) is 27.4. The molecule has 0 saturated heterocycles. The van der Waals surface area contributed by atoms with Crippen LogP contribution in [-0.4, -0.2) is 50.7 Å². The molecule has 39 heavy (non-hydrogen) atoms. The fraction of sp³-hybridized carbons (Fsp3) is 0.143. The van der Waals surface area contributed by atoms with Gasteiger partial charge >= 0.3 is 0 Å². The number of rotatable bonds is 7. The number of fused-ring (bicyclic) bond motifs is 1. The molecule has 2 aromatic heterocycles. The molecule has 0 aliphatic carbocycles. The summed E-state index contributed by atoms with van der Waals surface area (Å²) >= 11 is 6.13. The van der Waals surface area contributed by atoms with E-state index in [4.69, 9.17) is 16.3 Å². The van der Waals surface area contributed by atoms with Crippen molar-refractivity contribution in [2.75, 3.05) is 17.7 Å². The lowest BCUT2D eigenvalue weighted by molar-refractivity contribution is -0.120. The van der Waals surface area contributed by atoms with Crippen molar-refractivity contribution in [3.63, 3.8) is 0 Å². The lowest BCUT2D eigenvalue weighted by Gasteiger charge is -2.28. The van der Waals surface area contributed by atoms with E-state index in [0.717, 1.165) is 5.56 Å². The lowest BCUT2D eigenvalue weighted by Crippen LogP contribution is -2.46. The summed E-state index contributed by atoms with van der Waals surface area (Å²) in [6.07, 6.45) is 4.77. The number of hydrogen-bond donors (Lipinski definition) is 2. The molecule has 0 saturated carbocycles. The average molecular weight is 543 g/mol. The van der Waals surface area contributed by atoms with E-state index in [9.17, 15) is 14.4 Å². The van der Waals surface area contributed by atoms with Crippen LogP contribution >= 0.6 is 11.6 Å². The summed E-state index contributed by atoms with van der Waals surface area (Å²) in [7, 11) is 1.50. The van der Waals surface area contributed by atoms with Crippen LogP contribution in [0.4, 0.5) is 11.6 Å². The molecule has 2 aromatic carbocycles. The predicted octanol–water partition coefficient (Wildman–Crippen LogP) is 3.99. The van der Waals surface area contributed by atoms with E-state index in [2.05, 4.69) is 25.6 Å². The highest BCUT2D eigenvalue weighted by atomic mass is 35.5. The lowest BCUT2D eigenvalue weighted by atomic mass is 10.0. The maximum absolute atomic E-state index is 13.7. The van der Waals surface area contributed by atoms with Gasteiger partial charge < -0.3 is 15.0 Å². The molecular weight excluding hydrogens is 520 g/mol. The molecule has 5 rings (SSSR count). The van der Waals surface area contributed by atoms with E-state index in [0.29, 0.717) is 33.3 Å². The first kappa shape index (κ1) is 25.8. The maximum atomic E-state index is 13.7. The largest absolute Gasteiger partial charge is 0.494 e. The van der Waals surface area contributed by atoms with Gasteiger partial charge in [0.1, 0.15) is 6.04 Å². The Morgan fingerprint density at radius 1 is 1.05 bits per heavy atom. The Kier molecular flexibility index (Phi) is 7.46. The van der Waals surface area contributed by atoms with Crippen molar-refractivity contribution >= 4 is 41.0 Å². The molecule has 3 amide bonds. The number of ether oxygens (including phenoxy) is 1. The number of carbonyl (C=O) groups is 3. The Morgan fingerprint density at radius 3 is 2.51 bits per heavy atom. The van der Waals surface area contributed by atoms with Gasteiger partial charge in [0, 0.05) is 35.4 Å². The second kappa shape index (κ2) is 11.3. The number of pyridine rings is 1. The summed E-state index contributed by atoms with van der Waals surface area (Å²) < 4.78 is 5.02. The van der Waals surface area contributed by atoms with Crippen LogP contribution in [0.1, 0.15) is 32.0 Å². The molecule has 2 N–H and O–H groups in total. The van der Waals surface area contributed by atoms with Gasteiger partial charge in [-0.3, -0.25) is 24.7 Å². The van der Waals surface area contributed by atoms with E-state index >= 15 is 0 Å². The topological polar surface area (TPSA) is 126 Å². The molecule has 0 bridgehead atoms. The molecule has 10 nitrogen and oxygen atoms in total. The van der Waals surface area contributed by atoms with Crippen molar-refractivity contribution in [3.05, 3.63) is 107 Å². The Hall–Kier alpha value is -4.83. The Morgan fingerprint density at radius 2 is 1.82 bits per heavy atom. The van der Waals surface area contributed by atoms with Gasteiger partial charge in [-0.25, -0.2) is 9.97 Å². The van der Waals surface area contributed by atoms with Crippen LogP contribution in [0.25, 0.3) is 0 Å². The van der Waals surface area contributed by atoms with Crippen LogP contribution in [-0.2, 0) is 17.8 Å². The van der Waals surface area contributed by atoms with Crippen molar-refractivity contribution in [1.29, 1.82) is 0 Å². The number of nitrogens with one attached hydrogen (secondary N) is 2. The number of methoxy groups -OCH3 is 1. The summed E-state index contributed by atoms with van der Waals surface area (Å²) in [5, 5.41) is 5.89. The average Bonchev–Trinajstić information content (AvgIpc) is 3.04. The zero-order valence-electron chi connectivity index (χ0n) is 20.8. The van der Waals surface area contributed by atoms with Crippen molar-refractivity contribution in [1.82, 2.24) is 19.9 Å². The van der Waals surface area contributed by atoms with Crippen LogP contribution in [0.5, 0.6) is 5.75 Å². The second-order valence-electron chi connectivity index (χ2n) is 8.75. The van der Waals surface area contributed by atoms with Gasteiger partial charge in [-0.1, -0.05) is 29.8 Å². The third-order valence-electron chi connectivity index (χ3n) is 6.20. The summed E-state index contributed by atoms with van der Waals surface area (Å²) in [6, 6.07) is 16.1. The molecule has 0 fully saturated rings. The molecule has 1 atom stereocenters. The van der Waals surface area contributed by atoms with Crippen LogP contribution in [0, 0.1) is 0 Å². The van der Waals surface area contributed by atoms with Gasteiger partial charge in [0.15, 0.2) is 5.75 Å². The van der Waals surface area contributed by atoms with Gasteiger partial charge in [0.25, 0.3) is 11.8 Å². The van der Waals surface area contributed by atoms with E-state index in [1.165, 1.54) is 24.4 Å². The van der Waals surface area contributed by atoms with E-state index in [1.807, 2.05) is 12.1 Å². The van der Waals surface area contributed by atoms with Crippen molar-refractivity contribution in [2.24, 2.45) is 0 Å². The molecule has 196 valence electrons. The molecule has 0 unspecified atom stereocenters. The number of amides is 3. The number of aromatic nitrogens is 3. The maximum Gasteiger partial charge on any atom is 0.258 e. The monoisotopic (exact) mass is 542 g/mol. The Balaban J connectivity index is 1.39. The number of hydrogen-bond acceptors (Lipinski definition) is 7. The quantitative estimate of drug-likeness (QED) is 0.361. The molecule has 1 aliphatic heterocycles. The third-order valence-corrected chi connectivity index (χ3v) is 6.43. The van der Waals surface area contributed by atoms with Crippen molar-refractivity contribution in [2.45, 2.75) is 19.0 Å². The summed E-state index contributed by atoms with van der Waals surface area (Å²) in [4.78, 5) is 53.7. The van der Waals surface area contributed by atoms with Gasteiger partial charge in [-0.15, -0.1) is 0 Å². The zero-order valence-corrected chi connectivity index (χ0v) is 21.6. The molecule has 4 aromatic rings. The minimum atomic E-state index is -0.825. The standard InChI is InChI=1S/C28H23ClN6O4/c1-39-21-14-31-28(32-15-21)34-25(36)18-7-5-17(6-8-18)16-35-24(13-20-4-2-3-11-30-20)26(37)33-23-12-19(29)9-10-22(23)27(35)38/h2-12,14-15,24H,13,16H2,1H3,(H,33,37)(H,31,32,34,36)/t24-/m1/s1. The third kappa shape index (κ3) is 5.86.